The van der Waals surface area contributed by atoms with Crippen LogP contribution in [0.25, 0.3) is 10.8 Å². The third-order valence-electron chi connectivity index (χ3n) is 2.82. The Balaban J connectivity index is 1.93. The number of hydrogen-bond donors (Lipinski definition) is 1. The molecule has 0 heterocycles. The van der Waals surface area contributed by atoms with Crippen LogP contribution >= 0.6 is 0 Å². The normalized spacial score (nSPS) is 10.3. The predicted molar refractivity (Wildman–Crippen MR) is 70.8 cm³/mol. The highest BCUT2D eigenvalue weighted by Gasteiger charge is 1.96. The average molecular weight is 224 g/mol. The van der Waals surface area contributed by atoms with E-state index in [-0.39, 0.29) is 0 Å². The number of fused-ring (bicyclic) bond motifs is 1. The lowest BCUT2D eigenvalue weighted by molar-refractivity contribution is 0.692. The highest BCUT2D eigenvalue weighted by molar-refractivity contribution is 5.82. The van der Waals surface area contributed by atoms with Gasteiger partial charge in [-0.1, -0.05) is 42.5 Å². The zero-order valence-corrected chi connectivity index (χ0v) is 9.82. The fourth-order valence-corrected chi connectivity index (χ4v) is 1.90. The molecule has 2 aromatic rings. The van der Waals surface area contributed by atoms with E-state index < -0.39 is 0 Å². The molecule has 0 saturated carbocycles. The largest absolute Gasteiger partial charge is 0.315 e. The molecule has 0 aliphatic rings. The lowest BCUT2D eigenvalue weighted by atomic mass is 10.1. The van der Waals surface area contributed by atoms with E-state index in [0.717, 1.165) is 19.5 Å². The summed E-state index contributed by atoms with van der Waals surface area (Å²) in [4.78, 5) is 0. The van der Waals surface area contributed by atoms with Gasteiger partial charge >= 0.3 is 0 Å². The second-order valence-electron chi connectivity index (χ2n) is 4.09. The molecule has 2 nitrogen and oxygen atoms in total. The van der Waals surface area contributed by atoms with Crippen LogP contribution in [0.2, 0.25) is 0 Å². The van der Waals surface area contributed by atoms with Crippen LogP contribution in [0.15, 0.2) is 42.5 Å². The summed E-state index contributed by atoms with van der Waals surface area (Å²) < 4.78 is 0. The van der Waals surface area contributed by atoms with Crippen molar-refractivity contribution in [2.75, 3.05) is 13.1 Å². The number of nitriles is 1. The van der Waals surface area contributed by atoms with E-state index in [4.69, 9.17) is 5.26 Å². The zero-order valence-electron chi connectivity index (χ0n) is 9.82. The summed E-state index contributed by atoms with van der Waals surface area (Å²) in [6, 6.07) is 17.1. The van der Waals surface area contributed by atoms with Crippen molar-refractivity contribution in [2.45, 2.75) is 12.8 Å². The minimum absolute atomic E-state index is 0.581. The summed E-state index contributed by atoms with van der Waals surface area (Å²) in [5, 5.41) is 14.3. The van der Waals surface area contributed by atoms with Crippen LogP contribution in [-0.4, -0.2) is 13.1 Å². The van der Waals surface area contributed by atoms with Gasteiger partial charge in [0.2, 0.25) is 0 Å². The first-order valence-corrected chi connectivity index (χ1v) is 5.95. The molecule has 0 amide bonds. The number of benzene rings is 2. The Morgan fingerprint density at radius 2 is 1.82 bits per heavy atom. The van der Waals surface area contributed by atoms with E-state index in [1.54, 1.807) is 0 Å². The van der Waals surface area contributed by atoms with E-state index in [1.165, 1.54) is 16.3 Å². The lowest BCUT2D eigenvalue weighted by Gasteiger charge is -2.04. The highest BCUT2D eigenvalue weighted by Crippen LogP contribution is 2.15. The molecular formula is C15H16N2. The molecular weight excluding hydrogens is 208 g/mol. The van der Waals surface area contributed by atoms with Crippen molar-refractivity contribution < 1.29 is 0 Å². The van der Waals surface area contributed by atoms with Crippen LogP contribution in [0.5, 0.6) is 0 Å². The van der Waals surface area contributed by atoms with Gasteiger partial charge in [0.15, 0.2) is 0 Å². The summed E-state index contributed by atoms with van der Waals surface area (Å²) >= 11 is 0. The van der Waals surface area contributed by atoms with Crippen molar-refractivity contribution in [1.82, 2.24) is 5.32 Å². The van der Waals surface area contributed by atoms with Gasteiger partial charge in [0.1, 0.15) is 0 Å². The van der Waals surface area contributed by atoms with E-state index in [0.29, 0.717) is 6.42 Å². The molecule has 1 N–H and O–H groups in total. The van der Waals surface area contributed by atoms with E-state index in [1.807, 2.05) is 0 Å². The van der Waals surface area contributed by atoms with Gasteiger partial charge in [0.05, 0.1) is 6.07 Å². The monoisotopic (exact) mass is 224 g/mol. The smallest absolute Gasteiger partial charge is 0.0635 e. The Hall–Kier alpha value is -1.85. The Morgan fingerprint density at radius 1 is 1.00 bits per heavy atom. The maximum atomic E-state index is 8.41. The maximum absolute atomic E-state index is 8.41. The quantitative estimate of drug-likeness (QED) is 0.793. The van der Waals surface area contributed by atoms with E-state index in [9.17, 15) is 0 Å². The Kier molecular flexibility index (Phi) is 4.12. The SMILES string of the molecule is N#CCCNCCc1ccc2ccccc2c1. The first-order valence-electron chi connectivity index (χ1n) is 5.95. The van der Waals surface area contributed by atoms with Crippen molar-refractivity contribution in [2.24, 2.45) is 0 Å². The highest BCUT2D eigenvalue weighted by atomic mass is 14.8. The predicted octanol–water partition coefficient (Wildman–Crippen LogP) is 2.89. The van der Waals surface area contributed by atoms with Gasteiger partial charge in [-0.3, -0.25) is 0 Å². The molecule has 0 unspecified atom stereocenters. The summed E-state index contributed by atoms with van der Waals surface area (Å²) in [5.41, 5.74) is 1.34. The molecule has 0 radical (unpaired) electrons. The van der Waals surface area contributed by atoms with E-state index in [2.05, 4.69) is 53.9 Å². The van der Waals surface area contributed by atoms with Crippen LogP contribution in [-0.2, 0) is 6.42 Å². The first kappa shape index (κ1) is 11.6. The second kappa shape index (κ2) is 6.03. The van der Waals surface area contributed by atoms with Crippen LogP contribution in [0, 0.1) is 11.3 Å². The molecule has 2 aromatic carbocycles. The van der Waals surface area contributed by atoms with E-state index >= 15 is 0 Å². The average Bonchev–Trinajstić information content (AvgIpc) is 2.38. The molecule has 17 heavy (non-hydrogen) atoms. The lowest BCUT2D eigenvalue weighted by Crippen LogP contribution is -2.18. The van der Waals surface area contributed by atoms with Gasteiger partial charge in [-0.2, -0.15) is 5.26 Å². The molecule has 0 aromatic heterocycles. The van der Waals surface area contributed by atoms with Crippen LogP contribution in [0.4, 0.5) is 0 Å². The zero-order chi connectivity index (χ0) is 11.9. The number of nitrogens with zero attached hydrogens (tertiary/aromatic N) is 1. The Morgan fingerprint density at radius 3 is 2.65 bits per heavy atom. The van der Waals surface area contributed by atoms with Crippen molar-refractivity contribution in [3.8, 4) is 6.07 Å². The molecule has 2 heteroatoms. The summed E-state index contributed by atoms with van der Waals surface area (Å²) in [6.07, 6.45) is 1.59. The summed E-state index contributed by atoms with van der Waals surface area (Å²) in [5.74, 6) is 0. The van der Waals surface area contributed by atoms with Crippen molar-refractivity contribution in [1.29, 1.82) is 5.26 Å². The molecule has 0 saturated heterocycles. The number of nitrogens with one attached hydrogen (secondary N) is 1. The minimum atomic E-state index is 0.581. The van der Waals surface area contributed by atoms with Gasteiger partial charge in [-0.05, 0) is 29.3 Å². The van der Waals surface area contributed by atoms with Crippen molar-refractivity contribution in [3.05, 3.63) is 48.0 Å². The van der Waals surface area contributed by atoms with Gasteiger partial charge in [-0.15, -0.1) is 0 Å². The molecule has 0 atom stereocenters. The standard InChI is InChI=1S/C15H16N2/c16-9-3-10-17-11-8-13-6-7-14-4-1-2-5-15(14)12-13/h1-2,4-7,12,17H,3,8,10-11H2. The van der Waals surface area contributed by atoms with Crippen LogP contribution in [0.3, 0.4) is 0 Å². The maximum Gasteiger partial charge on any atom is 0.0635 e. The van der Waals surface area contributed by atoms with Gasteiger partial charge in [0.25, 0.3) is 0 Å². The fourth-order valence-electron chi connectivity index (χ4n) is 1.90. The fraction of sp³-hybridized carbons (Fsp3) is 0.267. The third kappa shape index (κ3) is 3.30. The molecule has 0 fully saturated rings. The van der Waals surface area contributed by atoms with Crippen molar-refractivity contribution in [3.63, 3.8) is 0 Å². The Labute approximate surface area is 102 Å². The van der Waals surface area contributed by atoms with Crippen LogP contribution < -0.4 is 5.32 Å². The first-order chi connectivity index (χ1) is 8.40. The summed E-state index contributed by atoms with van der Waals surface area (Å²) in [7, 11) is 0. The molecule has 2 rings (SSSR count). The molecule has 0 aliphatic heterocycles. The molecule has 0 bridgehead atoms. The number of rotatable bonds is 5. The molecule has 0 aliphatic carbocycles. The van der Waals surface area contributed by atoms with Gasteiger partial charge in [0, 0.05) is 13.0 Å². The van der Waals surface area contributed by atoms with Crippen LogP contribution in [0.1, 0.15) is 12.0 Å². The van der Waals surface area contributed by atoms with Gasteiger partial charge < -0.3 is 5.32 Å². The topological polar surface area (TPSA) is 35.8 Å². The van der Waals surface area contributed by atoms with Crippen molar-refractivity contribution >= 4 is 10.8 Å². The Bertz CT molecular complexity index is 526. The summed E-state index contributed by atoms with van der Waals surface area (Å²) in [6.45, 7) is 1.71. The number of hydrogen-bond acceptors (Lipinski definition) is 2. The second-order valence-corrected chi connectivity index (χ2v) is 4.09. The molecule has 86 valence electrons. The van der Waals surface area contributed by atoms with Gasteiger partial charge in [-0.25, -0.2) is 0 Å². The molecule has 0 spiro atoms. The minimum Gasteiger partial charge on any atom is -0.315 e. The third-order valence-corrected chi connectivity index (χ3v) is 2.82.